The fourth-order valence-corrected chi connectivity index (χ4v) is 3.43. The molecule has 0 fully saturated rings. The van der Waals surface area contributed by atoms with Gasteiger partial charge in [-0.25, -0.2) is 8.42 Å². The van der Waals surface area contributed by atoms with Crippen LogP contribution < -0.4 is 0 Å². The van der Waals surface area contributed by atoms with Crippen LogP contribution in [0.5, 0.6) is 5.75 Å². The molecule has 25 heavy (non-hydrogen) atoms. The Morgan fingerprint density at radius 1 is 0.760 bits per heavy atom. The van der Waals surface area contributed by atoms with Gasteiger partial charge in [0.05, 0.1) is 26.9 Å². The maximum absolute atomic E-state index is 12.5. The number of hydrogen-bond donors (Lipinski definition) is 1. The van der Waals surface area contributed by atoms with Crippen LogP contribution in [-0.2, 0) is 9.84 Å². The van der Waals surface area contributed by atoms with Gasteiger partial charge in [0.1, 0.15) is 15.5 Å². The fourth-order valence-electron chi connectivity index (χ4n) is 1.95. The summed E-state index contributed by atoms with van der Waals surface area (Å²) in [7, 11) is -4.67. The molecule has 0 saturated carbocycles. The highest BCUT2D eigenvalue weighted by molar-refractivity contribution is 7.91. The molecule has 2 aromatic rings. The predicted molar refractivity (Wildman–Crippen MR) is 80.0 cm³/mol. The molecule has 2 aromatic carbocycles. The van der Waals surface area contributed by atoms with Crippen LogP contribution in [0.15, 0.2) is 46.2 Å². The molecule has 130 valence electrons. The lowest BCUT2D eigenvalue weighted by Gasteiger charge is -2.07. The Hall–Kier alpha value is -3.61. The average molecular weight is 369 g/mol. The molecule has 13 heteroatoms. The number of aromatic hydroxyl groups is 1. The summed E-state index contributed by atoms with van der Waals surface area (Å²) in [6.45, 7) is 0. The number of non-ortho nitro benzene ring substituents is 2. The molecule has 0 spiro atoms. The van der Waals surface area contributed by atoms with E-state index in [2.05, 4.69) is 0 Å². The zero-order valence-corrected chi connectivity index (χ0v) is 12.7. The third kappa shape index (κ3) is 3.20. The number of nitrogens with zero attached hydrogens (tertiary/aromatic N) is 3. The van der Waals surface area contributed by atoms with E-state index in [1.807, 2.05) is 0 Å². The van der Waals surface area contributed by atoms with E-state index in [9.17, 15) is 43.9 Å². The van der Waals surface area contributed by atoms with Crippen molar-refractivity contribution in [1.82, 2.24) is 0 Å². The Balaban J connectivity index is 2.70. The molecule has 0 aliphatic carbocycles. The molecule has 0 aliphatic heterocycles. The van der Waals surface area contributed by atoms with Gasteiger partial charge in [-0.2, -0.15) is 0 Å². The quantitative estimate of drug-likeness (QED) is 0.607. The Kier molecular flexibility index (Phi) is 4.34. The first-order valence-electron chi connectivity index (χ1n) is 6.21. The fraction of sp³-hybridized carbons (Fsp3) is 0. The topological polar surface area (TPSA) is 184 Å². The molecular weight excluding hydrogens is 362 g/mol. The summed E-state index contributed by atoms with van der Waals surface area (Å²) in [5.41, 5.74) is -2.35. The Morgan fingerprint density at radius 3 is 1.68 bits per heavy atom. The van der Waals surface area contributed by atoms with Crippen molar-refractivity contribution in [2.45, 2.75) is 9.79 Å². The van der Waals surface area contributed by atoms with Gasteiger partial charge in [0.15, 0.2) is 0 Å². The summed E-state index contributed by atoms with van der Waals surface area (Å²) in [4.78, 5) is 27.7. The summed E-state index contributed by atoms with van der Waals surface area (Å²) in [5.74, 6) is -0.984. The van der Waals surface area contributed by atoms with E-state index in [0.29, 0.717) is 24.3 Å². The van der Waals surface area contributed by atoms with Crippen LogP contribution >= 0.6 is 0 Å². The Bertz CT molecular complexity index is 1020. The van der Waals surface area contributed by atoms with Crippen molar-refractivity contribution in [3.8, 4) is 5.75 Å². The minimum absolute atomic E-state index is 0.468. The van der Waals surface area contributed by atoms with Gasteiger partial charge in [-0.15, -0.1) is 0 Å². The van der Waals surface area contributed by atoms with Gasteiger partial charge in [-0.3, -0.25) is 30.3 Å². The number of rotatable bonds is 5. The smallest absolute Gasteiger partial charge is 0.295 e. The van der Waals surface area contributed by atoms with Crippen LogP contribution in [0.2, 0.25) is 0 Å². The van der Waals surface area contributed by atoms with Gasteiger partial charge < -0.3 is 5.11 Å². The second kappa shape index (κ2) is 6.12. The summed E-state index contributed by atoms with van der Waals surface area (Å²) < 4.78 is 25.1. The van der Waals surface area contributed by atoms with E-state index in [0.717, 1.165) is 12.1 Å². The van der Waals surface area contributed by atoms with Crippen LogP contribution in [-0.4, -0.2) is 28.3 Å². The third-order valence-electron chi connectivity index (χ3n) is 3.08. The van der Waals surface area contributed by atoms with Crippen LogP contribution in [0.3, 0.4) is 0 Å². The Labute approximate surface area is 138 Å². The van der Waals surface area contributed by atoms with Crippen molar-refractivity contribution in [3.05, 3.63) is 66.7 Å². The first kappa shape index (κ1) is 17.7. The molecule has 1 N–H and O–H groups in total. The minimum Gasteiger partial charge on any atom is -0.506 e. The number of phenolic OH excluding ortho intramolecular Hbond substituents is 1. The van der Waals surface area contributed by atoms with E-state index in [-0.39, 0.29) is 0 Å². The zero-order valence-electron chi connectivity index (χ0n) is 11.9. The monoisotopic (exact) mass is 369 g/mol. The average Bonchev–Trinajstić information content (AvgIpc) is 2.53. The maximum Gasteiger partial charge on any atom is 0.295 e. The molecular formula is C12H7N3O9S. The number of sulfone groups is 1. The van der Waals surface area contributed by atoms with Crippen molar-refractivity contribution < 1.29 is 28.3 Å². The van der Waals surface area contributed by atoms with Gasteiger partial charge in [0, 0.05) is 12.1 Å². The maximum atomic E-state index is 12.5. The number of nitro benzene ring substituents is 3. The highest BCUT2D eigenvalue weighted by Crippen LogP contribution is 2.36. The molecule has 0 radical (unpaired) electrons. The van der Waals surface area contributed by atoms with E-state index in [1.54, 1.807) is 0 Å². The summed E-state index contributed by atoms with van der Waals surface area (Å²) in [5, 5.41) is 42.1. The van der Waals surface area contributed by atoms with Crippen molar-refractivity contribution in [2.75, 3.05) is 0 Å². The van der Waals surface area contributed by atoms with Crippen molar-refractivity contribution in [2.24, 2.45) is 0 Å². The van der Waals surface area contributed by atoms with Crippen molar-refractivity contribution in [3.63, 3.8) is 0 Å². The van der Waals surface area contributed by atoms with Gasteiger partial charge in [-0.05, 0) is 12.1 Å². The Morgan fingerprint density at radius 2 is 1.24 bits per heavy atom. The van der Waals surface area contributed by atoms with Crippen molar-refractivity contribution in [1.29, 1.82) is 0 Å². The summed E-state index contributed by atoms with van der Waals surface area (Å²) in [6, 6.07) is 3.96. The zero-order chi connectivity index (χ0) is 18.9. The van der Waals surface area contributed by atoms with E-state index in [1.165, 1.54) is 0 Å². The third-order valence-corrected chi connectivity index (χ3v) is 4.93. The van der Waals surface area contributed by atoms with Crippen LogP contribution in [0.4, 0.5) is 17.1 Å². The van der Waals surface area contributed by atoms with E-state index in [4.69, 9.17) is 0 Å². The van der Waals surface area contributed by atoms with Gasteiger partial charge in [-0.1, -0.05) is 0 Å². The molecule has 0 amide bonds. The molecule has 0 saturated heterocycles. The van der Waals surface area contributed by atoms with Gasteiger partial charge in [0.2, 0.25) is 9.84 Å². The first-order valence-corrected chi connectivity index (χ1v) is 7.69. The lowest BCUT2D eigenvalue weighted by Crippen LogP contribution is -2.07. The van der Waals surface area contributed by atoms with E-state index >= 15 is 0 Å². The normalized spacial score (nSPS) is 11.0. The van der Waals surface area contributed by atoms with E-state index < -0.39 is 57.2 Å². The first-order chi connectivity index (χ1) is 11.6. The largest absolute Gasteiger partial charge is 0.506 e. The summed E-state index contributed by atoms with van der Waals surface area (Å²) in [6.07, 6.45) is 0. The second-order valence-corrected chi connectivity index (χ2v) is 6.47. The molecule has 0 aromatic heterocycles. The van der Waals surface area contributed by atoms with Gasteiger partial charge >= 0.3 is 0 Å². The highest BCUT2D eigenvalue weighted by atomic mass is 32.2. The summed E-state index contributed by atoms with van der Waals surface area (Å²) >= 11 is 0. The predicted octanol–water partition coefficient (Wildman–Crippen LogP) is 1.95. The molecule has 0 heterocycles. The number of nitro groups is 3. The lowest BCUT2D eigenvalue weighted by molar-refractivity contribution is -0.396. The number of hydrogen-bond acceptors (Lipinski definition) is 9. The molecule has 0 bridgehead atoms. The lowest BCUT2D eigenvalue weighted by atomic mass is 10.3. The van der Waals surface area contributed by atoms with Crippen molar-refractivity contribution >= 4 is 26.9 Å². The molecule has 0 aliphatic rings. The van der Waals surface area contributed by atoms with Crippen LogP contribution in [0.25, 0.3) is 0 Å². The van der Waals surface area contributed by atoms with Crippen LogP contribution in [0.1, 0.15) is 0 Å². The van der Waals surface area contributed by atoms with Gasteiger partial charge in [0.25, 0.3) is 17.1 Å². The number of phenols is 1. The molecule has 0 unspecified atom stereocenters. The van der Waals surface area contributed by atoms with Crippen LogP contribution in [0, 0.1) is 30.3 Å². The molecule has 12 nitrogen and oxygen atoms in total. The molecule has 2 rings (SSSR count). The SMILES string of the molecule is O=[N+]([O-])c1ccc(S(=O)(=O)c2ccc([N+](=O)[O-])cc2[N+](=O)[O-])c(O)c1. The highest BCUT2D eigenvalue weighted by Gasteiger charge is 2.32. The minimum atomic E-state index is -4.67. The second-order valence-electron chi connectivity index (χ2n) is 4.58. The molecule has 0 atom stereocenters. The number of benzene rings is 2. The standard InChI is InChI=1S/C12H7N3O9S/c16-10-6-8(14(19)20)2-4-12(10)25(23,24)11-3-1-7(13(17)18)5-9(11)15(21)22/h1-6,16H.